The van der Waals surface area contributed by atoms with Gasteiger partial charge in [0.15, 0.2) is 0 Å². The van der Waals surface area contributed by atoms with Gasteiger partial charge in [-0.1, -0.05) is 6.42 Å². The first-order valence-electron chi connectivity index (χ1n) is 4.27. The largest absolute Gasteiger partial charge is 0.389 e. The van der Waals surface area contributed by atoms with Crippen molar-refractivity contribution in [2.45, 2.75) is 31.8 Å². The fraction of sp³-hybridized carbons (Fsp3) is 0.625. The number of hydrogen-bond donors (Lipinski definition) is 2. The predicted octanol–water partition coefficient (Wildman–Crippen LogP) is 1.37. The molecule has 0 aromatic carbocycles. The Balaban J connectivity index is 1.82. The first kappa shape index (κ1) is 8.01. The molecule has 0 aliphatic heterocycles. The number of nitrogen functional groups attached to an aromatic ring is 1. The standard InChI is InChI=1S/C8H13N3S/c9-8-7(11-5-12-8)4-10-6-2-1-3-6/h5-6,10H,1-4,9H2. The van der Waals surface area contributed by atoms with Crippen molar-refractivity contribution < 1.29 is 0 Å². The molecule has 0 saturated heterocycles. The molecule has 2 rings (SSSR count). The molecule has 1 fully saturated rings. The Morgan fingerprint density at radius 3 is 3.00 bits per heavy atom. The molecule has 1 aromatic heterocycles. The molecule has 0 amide bonds. The molecule has 1 aliphatic carbocycles. The molecule has 4 heteroatoms. The second-order valence-electron chi connectivity index (χ2n) is 3.17. The predicted molar refractivity (Wildman–Crippen MR) is 51.0 cm³/mol. The molecule has 1 aliphatic rings. The van der Waals surface area contributed by atoms with Gasteiger partial charge >= 0.3 is 0 Å². The van der Waals surface area contributed by atoms with Crippen molar-refractivity contribution in [2.75, 3.05) is 5.73 Å². The van der Waals surface area contributed by atoms with Gasteiger partial charge in [0.25, 0.3) is 0 Å². The van der Waals surface area contributed by atoms with Gasteiger partial charge in [-0.05, 0) is 12.8 Å². The Kier molecular flexibility index (Phi) is 2.28. The fourth-order valence-corrected chi connectivity index (χ4v) is 1.82. The van der Waals surface area contributed by atoms with E-state index < -0.39 is 0 Å². The Bertz CT molecular complexity index is 255. The molecule has 1 aromatic rings. The van der Waals surface area contributed by atoms with E-state index in [0.29, 0.717) is 6.04 Å². The highest BCUT2D eigenvalue weighted by Crippen LogP contribution is 2.20. The number of thiazole rings is 1. The van der Waals surface area contributed by atoms with Crippen molar-refractivity contribution >= 4 is 16.3 Å². The summed E-state index contributed by atoms with van der Waals surface area (Å²) in [4.78, 5) is 4.18. The van der Waals surface area contributed by atoms with Crippen LogP contribution in [-0.2, 0) is 6.54 Å². The zero-order valence-corrected chi connectivity index (χ0v) is 7.73. The summed E-state index contributed by atoms with van der Waals surface area (Å²) in [6, 6.07) is 0.714. The van der Waals surface area contributed by atoms with Crippen molar-refractivity contribution in [3.63, 3.8) is 0 Å². The average molecular weight is 183 g/mol. The molecule has 0 atom stereocenters. The van der Waals surface area contributed by atoms with Gasteiger partial charge in [-0.3, -0.25) is 0 Å². The Labute approximate surface area is 76.0 Å². The molecule has 0 spiro atoms. The van der Waals surface area contributed by atoms with Crippen LogP contribution in [0.15, 0.2) is 5.51 Å². The normalized spacial score (nSPS) is 17.7. The SMILES string of the molecule is Nc1scnc1CNC1CCC1. The van der Waals surface area contributed by atoms with Gasteiger partial charge in [-0.2, -0.15) is 0 Å². The van der Waals surface area contributed by atoms with Crippen molar-refractivity contribution in [1.29, 1.82) is 0 Å². The number of anilines is 1. The second kappa shape index (κ2) is 3.41. The van der Waals surface area contributed by atoms with Crippen molar-refractivity contribution in [1.82, 2.24) is 10.3 Å². The van der Waals surface area contributed by atoms with Crippen LogP contribution in [0, 0.1) is 0 Å². The van der Waals surface area contributed by atoms with Gasteiger partial charge in [0.05, 0.1) is 11.2 Å². The van der Waals surface area contributed by atoms with Crippen LogP contribution in [0.3, 0.4) is 0 Å². The third-order valence-electron chi connectivity index (χ3n) is 2.34. The van der Waals surface area contributed by atoms with Gasteiger partial charge in [-0.15, -0.1) is 11.3 Å². The van der Waals surface area contributed by atoms with Crippen LogP contribution in [0.5, 0.6) is 0 Å². The van der Waals surface area contributed by atoms with Crippen LogP contribution in [0.4, 0.5) is 5.00 Å². The Morgan fingerprint density at radius 2 is 2.50 bits per heavy atom. The Morgan fingerprint density at radius 1 is 1.67 bits per heavy atom. The van der Waals surface area contributed by atoms with Crippen LogP contribution < -0.4 is 11.1 Å². The van der Waals surface area contributed by atoms with E-state index in [-0.39, 0.29) is 0 Å². The van der Waals surface area contributed by atoms with Crippen LogP contribution in [-0.4, -0.2) is 11.0 Å². The summed E-state index contributed by atoms with van der Waals surface area (Å²) in [5.41, 5.74) is 8.51. The lowest BCUT2D eigenvalue weighted by Crippen LogP contribution is -2.34. The van der Waals surface area contributed by atoms with Crippen LogP contribution in [0.25, 0.3) is 0 Å². The van der Waals surface area contributed by atoms with Crippen molar-refractivity contribution in [2.24, 2.45) is 0 Å². The lowest BCUT2D eigenvalue weighted by Gasteiger charge is -2.26. The fourth-order valence-electron chi connectivity index (χ4n) is 1.26. The first-order chi connectivity index (χ1) is 5.86. The summed E-state index contributed by atoms with van der Waals surface area (Å²) < 4.78 is 0. The van der Waals surface area contributed by atoms with E-state index in [1.165, 1.54) is 30.6 Å². The van der Waals surface area contributed by atoms with Crippen molar-refractivity contribution in [3.8, 4) is 0 Å². The van der Waals surface area contributed by atoms with Gasteiger partial charge in [0, 0.05) is 12.6 Å². The third-order valence-corrected chi connectivity index (χ3v) is 3.04. The molecule has 1 heterocycles. The van der Waals surface area contributed by atoms with E-state index in [2.05, 4.69) is 10.3 Å². The minimum atomic E-state index is 0.714. The first-order valence-corrected chi connectivity index (χ1v) is 5.15. The summed E-state index contributed by atoms with van der Waals surface area (Å²) in [6.45, 7) is 0.833. The number of hydrogen-bond acceptors (Lipinski definition) is 4. The number of rotatable bonds is 3. The number of nitrogens with zero attached hydrogens (tertiary/aromatic N) is 1. The molecular formula is C8H13N3S. The molecule has 0 unspecified atom stereocenters. The van der Waals surface area contributed by atoms with E-state index in [1.807, 2.05) is 0 Å². The van der Waals surface area contributed by atoms with Crippen LogP contribution in [0.2, 0.25) is 0 Å². The van der Waals surface area contributed by atoms with Crippen LogP contribution in [0.1, 0.15) is 25.0 Å². The average Bonchev–Trinajstić information content (AvgIpc) is 2.33. The maximum absolute atomic E-state index is 5.70. The highest BCUT2D eigenvalue weighted by molar-refractivity contribution is 7.13. The topological polar surface area (TPSA) is 50.9 Å². The molecular weight excluding hydrogens is 170 g/mol. The van der Waals surface area contributed by atoms with Gasteiger partial charge < -0.3 is 11.1 Å². The highest BCUT2D eigenvalue weighted by atomic mass is 32.1. The maximum Gasteiger partial charge on any atom is 0.110 e. The molecule has 12 heavy (non-hydrogen) atoms. The smallest absolute Gasteiger partial charge is 0.110 e. The summed E-state index contributed by atoms with van der Waals surface area (Å²) in [7, 11) is 0. The minimum Gasteiger partial charge on any atom is -0.389 e. The van der Waals surface area contributed by atoms with Crippen LogP contribution >= 0.6 is 11.3 Å². The molecule has 0 radical (unpaired) electrons. The second-order valence-corrected chi connectivity index (χ2v) is 4.06. The minimum absolute atomic E-state index is 0.714. The molecule has 66 valence electrons. The lowest BCUT2D eigenvalue weighted by molar-refractivity contribution is 0.337. The lowest BCUT2D eigenvalue weighted by atomic mass is 9.93. The summed E-state index contributed by atoms with van der Waals surface area (Å²) >= 11 is 1.51. The molecule has 1 saturated carbocycles. The van der Waals surface area contributed by atoms with E-state index in [4.69, 9.17) is 5.73 Å². The third kappa shape index (κ3) is 1.59. The number of nitrogens with two attached hydrogens (primary N) is 1. The monoisotopic (exact) mass is 183 g/mol. The zero-order chi connectivity index (χ0) is 8.39. The highest BCUT2D eigenvalue weighted by Gasteiger charge is 2.16. The molecule has 3 N–H and O–H groups in total. The van der Waals surface area contributed by atoms with Crippen molar-refractivity contribution in [3.05, 3.63) is 11.2 Å². The van der Waals surface area contributed by atoms with E-state index in [1.54, 1.807) is 5.51 Å². The summed E-state index contributed by atoms with van der Waals surface area (Å²) in [5.74, 6) is 0. The maximum atomic E-state index is 5.70. The summed E-state index contributed by atoms with van der Waals surface area (Å²) in [6.07, 6.45) is 3.98. The van der Waals surface area contributed by atoms with E-state index in [9.17, 15) is 0 Å². The van der Waals surface area contributed by atoms with Gasteiger partial charge in [0.2, 0.25) is 0 Å². The van der Waals surface area contributed by atoms with E-state index in [0.717, 1.165) is 17.2 Å². The number of nitrogens with one attached hydrogen (secondary N) is 1. The summed E-state index contributed by atoms with van der Waals surface area (Å²) in [5, 5.41) is 4.28. The van der Waals surface area contributed by atoms with E-state index >= 15 is 0 Å². The van der Waals surface area contributed by atoms with Gasteiger partial charge in [-0.25, -0.2) is 4.98 Å². The van der Waals surface area contributed by atoms with Gasteiger partial charge in [0.1, 0.15) is 5.00 Å². The quantitative estimate of drug-likeness (QED) is 0.744. The number of aromatic nitrogens is 1. The zero-order valence-electron chi connectivity index (χ0n) is 6.92. The molecule has 3 nitrogen and oxygen atoms in total. The Hall–Kier alpha value is -0.610. The molecule has 0 bridgehead atoms.